The Morgan fingerprint density at radius 3 is 2.50 bits per heavy atom. The first-order valence-corrected chi connectivity index (χ1v) is 5.71. The van der Waals surface area contributed by atoms with E-state index in [0.717, 1.165) is 0 Å². The third-order valence-corrected chi connectivity index (χ3v) is 1.67. The van der Waals surface area contributed by atoms with Gasteiger partial charge in [-0.2, -0.15) is 0 Å². The Balaban J connectivity index is 0.00000137. The molecule has 1 heterocycles. The summed E-state index contributed by atoms with van der Waals surface area (Å²) >= 11 is 0. The van der Waals surface area contributed by atoms with E-state index in [1.54, 1.807) is 19.9 Å². The van der Waals surface area contributed by atoms with Crippen molar-refractivity contribution in [2.24, 2.45) is 0 Å². The summed E-state index contributed by atoms with van der Waals surface area (Å²) in [4.78, 5) is 15.1. The van der Waals surface area contributed by atoms with Crippen LogP contribution in [0.2, 0.25) is 0 Å². The Kier molecular flexibility index (Phi) is 6.69. The molecule has 98 valence electrons. The Morgan fingerprint density at radius 1 is 1.39 bits per heavy atom. The summed E-state index contributed by atoms with van der Waals surface area (Å²) in [7, 11) is 1.30. The van der Waals surface area contributed by atoms with Crippen molar-refractivity contribution < 1.29 is 14.6 Å². The van der Waals surface area contributed by atoms with E-state index in [-0.39, 0.29) is 0 Å². The molecule has 0 atom stereocenters. The first kappa shape index (κ1) is 16.1. The molecule has 0 amide bonds. The van der Waals surface area contributed by atoms with Gasteiger partial charge in [-0.05, 0) is 19.9 Å². The van der Waals surface area contributed by atoms with Crippen molar-refractivity contribution in [2.75, 3.05) is 7.11 Å². The lowest BCUT2D eigenvalue weighted by molar-refractivity contribution is 0.0600. The minimum Gasteiger partial charge on any atom is -0.465 e. The Labute approximate surface area is 108 Å². The maximum absolute atomic E-state index is 11.2. The van der Waals surface area contributed by atoms with Crippen molar-refractivity contribution in [3.63, 3.8) is 0 Å². The highest BCUT2D eigenvalue weighted by Crippen LogP contribution is 2.04. The maximum Gasteiger partial charge on any atom is 0.339 e. The molecule has 0 spiro atoms. The fourth-order valence-corrected chi connectivity index (χ4v) is 0.963. The number of carbonyl (C=O) groups is 1. The number of hydrogen-bond donors (Lipinski definition) is 1. The van der Waals surface area contributed by atoms with Crippen LogP contribution in [0.1, 0.15) is 43.6 Å². The predicted octanol–water partition coefficient (Wildman–Crippen LogP) is 2.02. The minimum atomic E-state index is -1.07. The topological polar surface area (TPSA) is 59.4 Å². The molecule has 0 saturated carbocycles. The van der Waals surface area contributed by atoms with Gasteiger partial charge in [-0.3, -0.25) is 4.98 Å². The van der Waals surface area contributed by atoms with Gasteiger partial charge in [-0.25, -0.2) is 4.79 Å². The van der Waals surface area contributed by atoms with Crippen molar-refractivity contribution in [1.29, 1.82) is 0 Å². The number of carbonyl (C=O) groups excluding carboxylic acids is 1. The molecule has 0 fully saturated rings. The summed E-state index contributed by atoms with van der Waals surface area (Å²) < 4.78 is 4.56. The van der Waals surface area contributed by atoms with Crippen LogP contribution in [-0.4, -0.2) is 28.8 Å². The summed E-state index contributed by atoms with van der Waals surface area (Å²) in [5, 5.41) is 9.42. The lowest BCUT2D eigenvalue weighted by Gasteiger charge is -2.05. The van der Waals surface area contributed by atoms with Gasteiger partial charge in [-0.1, -0.05) is 25.7 Å². The normalized spacial score (nSPS) is 9.44. The predicted molar refractivity (Wildman–Crippen MR) is 70.1 cm³/mol. The van der Waals surface area contributed by atoms with Crippen LogP contribution in [0.25, 0.3) is 0 Å². The first-order valence-electron chi connectivity index (χ1n) is 5.71. The molecule has 0 aliphatic heterocycles. The van der Waals surface area contributed by atoms with Crippen LogP contribution in [0.4, 0.5) is 0 Å². The molecule has 0 saturated heterocycles. The minimum absolute atomic E-state index is 0.338. The van der Waals surface area contributed by atoms with Gasteiger partial charge >= 0.3 is 5.97 Å². The van der Waals surface area contributed by atoms with Gasteiger partial charge in [0.1, 0.15) is 5.60 Å². The van der Waals surface area contributed by atoms with Crippen LogP contribution >= 0.6 is 0 Å². The molecule has 1 N–H and O–H groups in total. The van der Waals surface area contributed by atoms with Gasteiger partial charge in [0.05, 0.1) is 12.7 Å². The molecule has 0 aliphatic carbocycles. The molecule has 18 heavy (non-hydrogen) atoms. The lowest BCUT2D eigenvalue weighted by atomic mass is 10.1. The molecular formula is C14H19NO3. The Bertz CT molecular complexity index is 450. The number of ether oxygens (including phenoxy) is 1. The molecule has 0 bridgehead atoms. The Morgan fingerprint density at radius 2 is 2.00 bits per heavy atom. The number of pyridine rings is 1. The number of hydrogen-bond acceptors (Lipinski definition) is 4. The van der Waals surface area contributed by atoms with Gasteiger partial charge in [0.2, 0.25) is 0 Å². The van der Waals surface area contributed by atoms with Crippen molar-refractivity contribution in [3.05, 3.63) is 29.6 Å². The quantitative estimate of drug-likeness (QED) is 0.611. The number of nitrogens with zero attached hydrogens (tertiary/aromatic N) is 1. The van der Waals surface area contributed by atoms with E-state index in [2.05, 4.69) is 21.6 Å². The van der Waals surface area contributed by atoms with E-state index in [9.17, 15) is 9.90 Å². The molecule has 0 radical (unpaired) electrons. The highest BCUT2D eigenvalue weighted by atomic mass is 16.5. The van der Waals surface area contributed by atoms with E-state index >= 15 is 0 Å². The van der Waals surface area contributed by atoms with Gasteiger partial charge in [0.15, 0.2) is 0 Å². The first-order chi connectivity index (χ1) is 8.42. The highest BCUT2D eigenvalue weighted by Gasteiger charge is 2.07. The second kappa shape index (κ2) is 7.46. The van der Waals surface area contributed by atoms with Crippen molar-refractivity contribution in [2.45, 2.75) is 33.3 Å². The summed E-state index contributed by atoms with van der Waals surface area (Å²) in [6, 6.07) is 1.57. The van der Waals surface area contributed by atoms with Crippen molar-refractivity contribution in [3.8, 4) is 11.8 Å². The fourth-order valence-electron chi connectivity index (χ4n) is 0.963. The van der Waals surface area contributed by atoms with Crippen LogP contribution < -0.4 is 0 Å². The summed E-state index contributed by atoms with van der Waals surface area (Å²) in [6.45, 7) is 7.16. The summed E-state index contributed by atoms with van der Waals surface area (Å²) in [6.07, 6.45) is 2.92. The molecule has 0 unspecified atom stereocenters. The van der Waals surface area contributed by atoms with E-state index < -0.39 is 11.6 Å². The van der Waals surface area contributed by atoms with Crippen LogP contribution in [0.3, 0.4) is 0 Å². The summed E-state index contributed by atoms with van der Waals surface area (Å²) in [5.41, 5.74) is -0.170. The molecule has 0 aromatic carbocycles. The highest BCUT2D eigenvalue weighted by molar-refractivity contribution is 5.89. The lowest BCUT2D eigenvalue weighted by Crippen LogP contribution is -2.14. The van der Waals surface area contributed by atoms with Crippen molar-refractivity contribution in [1.82, 2.24) is 4.98 Å². The Hall–Kier alpha value is -1.86. The molecule has 4 nitrogen and oxygen atoms in total. The number of aromatic nitrogens is 1. The van der Waals surface area contributed by atoms with E-state index in [1.807, 2.05) is 13.8 Å². The number of methoxy groups -OCH3 is 1. The smallest absolute Gasteiger partial charge is 0.339 e. The standard InChI is InChI=1S/C12H13NO3.C2H6/c1-12(2,15)5-4-9-6-10(8-13-7-9)11(14)16-3;1-2/h6-8,15H,1-3H3;1-2H3. The summed E-state index contributed by atoms with van der Waals surface area (Å²) in [5.74, 6) is 4.91. The zero-order valence-electron chi connectivity index (χ0n) is 11.4. The van der Waals surface area contributed by atoms with Crippen molar-refractivity contribution >= 4 is 5.97 Å². The van der Waals surface area contributed by atoms with E-state index in [4.69, 9.17) is 0 Å². The van der Waals surface area contributed by atoms with Crippen LogP contribution in [0.15, 0.2) is 18.5 Å². The zero-order chi connectivity index (χ0) is 14.2. The molecule has 1 aromatic rings. The second-order valence-electron chi connectivity index (χ2n) is 3.76. The van der Waals surface area contributed by atoms with Crippen LogP contribution in [-0.2, 0) is 4.74 Å². The average molecular weight is 249 g/mol. The van der Waals surface area contributed by atoms with Gasteiger partial charge < -0.3 is 9.84 Å². The average Bonchev–Trinajstić information content (AvgIpc) is 2.37. The third-order valence-electron chi connectivity index (χ3n) is 1.67. The number of aliphatic hydroxyl groups is 1. The van der Waals surface area contributed by atoms with Crippen LogP contribution in [0.5, 0.6) is 0 Å². The number of rotatable bonds is 1. The van der Waals surface area contributed by atoms with Gasteiger partial charge in [0, 0.05) is 18.0 Å². The van der Waals surface area contributed by atoms with Crippen LogP contribution in [0, 0.1) is 11.8 Å². The molecule has 4 heteroatoms. The fraction of sp³-hybridized carbons (Fsp3) is 0.429. The third kappa shape index (κ3) is 6.02. The van der Waals surface area contributed by atoms with E-state index in [1.165, 1.54) is 19.5 Å². The number of esters is 1. The van der Waals surface area contributed by atoms with Gasteiger partial charge in [-0.15, -0.1) is 0 Å². The molecule has 1 aromatic heterocycles. The maximum atomic E-state index is 11.2. The monoisotopic (exact) mass is 249 g/mol. The molecule has 0 aliphatic rings. The largest absolute Gasteiger partial charge is 0.465 e. The second-order valence-corrected chi connectivity index (χ2v) is 3.76. The zero-order valence-corrected chi connectivity index (χ0v) is 11.4. The van der Waals surface area contributed by atoms with Gasteiger partial charge in [0.25, 0.3) is 0 Å². The SMILES string of the molecule is CC.COC(=O)c1cncc(C#CC(C)(C)O)c1. The van der Waals surface area contributed by atoms with E-state index in [0.29, 0.717) is 11.1 Å². The molecule has 1 rings (SSSR count). The molecular weight excluding hydrogens is 230 g/mol.